The summed E-state index contributed by atoms with van der Waals surface area (Å²) in [6.07, 6.45) is 1.45. The first kappa shape index (κ1) is 21.5. The van der Waals surface area contributed by atoms with E-state index in [1.165, 1.54) is 12.1 Å². The number of aliphatic imine (C=N–C) groups is 1. The zero-order valence-electron chi connectivity index (χ0n) is 14.6. The quantitative estimate of drug-likeness (QED) is 0.293. The number of halogens is 2. The molecule has 1 saturated heterocycles. The van der Waals surface area contributed by atoms with Gasteiger partial charge in [0.05, 0.1) is 6.54 Å². The molecule has 2 rings (SSSR count). The van der Waals surface area contributed by atoms with Crippen LogP contribution in [0.3, 0.4) is 0 Å². The second-order valence-corrected chi connectivity index (χ2v) is 5.63. The Morgan fingerprint density at radius 1 is 1.48 bits per heavy atom. The summed E-state index contributed by atoms with van der Waals surface area (Å²) in [5.41, 5.74) is 0. The van der Waals surface area contributed by atoms with Crippen molar-refractivity contribution in [1.82, 2.24) is 15.5 Å². The molecular formula is C17H26FIN4O2. The van der Waals surface area contributed by atoms with Crippen molar-refractivity contribution < 1.29 is 13.9 Å². The van der Waals surface area contributed by atoms with Crippen LogP contribution in [0.5, 0.6) is 5.75 Å². The molecule has 1 atom stereocenters. The van der Waals surface area contributed by atoms with Gasteiger partial charge in [-0.25, -0.2) is 4.39 Å². The van der Waals surface area contributed by atoms with Crippen LogP contribution in [0.25, 0.3) is 0 Å². The van der Waals surface area contributed by atoms with Gasteiger partial charge in [-0.3, -0.25) is 9.79 Å². The number of carbonyl (C=O) groups is 1. The third kappa shape index (κ3) is 7.05. The summed E-state index contributed by atoms with van der Waals surface area (Å²) in [4.78, 5) is 17.7. The highest BCUT2D eigenvalue weighted by molar-refractivity contribution is 14.0. The average molecular weight is 464 g/mol. The number of rotatable bonds is 6. The van der Waals surface area contributed by atoms with Crippen LogP contribution in [0, 0.1) is 5.82 Å². The van der Waals surface area contributed by atoms with Crippen molar-refractivity contribution >= 4 is 35.8 Å². The molecule has 1 aliphatic heterocycles. The van der Waals surface area contributed by atoms with Gasteiger partial charge in [0.1, 0.15) is 18.2 Å². The molecule has 1 aliphatic rings. The van der Waals surface area contributed by atoms with Crippen molar-refractivity contribution in [1.29, 1.82) is 0 Å². The second kappa shape index (κ2) is 11.1. The fraction of sp³-hybridized carbons (Fsp3) is 0.529. The van der Waals surface area contributed by atoms with Crippen molar-refractivity contribution in [3.05, 3.63) is 30.1 Å². The Morgan fingerprint density at radius 2 is 2.28 bits per heavy atom. The van der Waals surface area contributed by atoms with Crippen LogP contribution in [0.15, 0.2) is 29.3 Å². The third-order valence-corrected chi connectivity index (χ3v) is 3.87. The predicted octanol–water partition coefficient (Wildman–Crippen LogP) is 2.00. The lowest BCUT2D eigenvalue weighted by Gasteiger charge is -2.18. The van der Waals surface area contributed by atoms with Crippen molar-refractivity contribution in [2.75, 3.05) is 33.3 Å². The maximum Gasteiger partial charge on any atom is 0.222 e. The minimum atomic E-state index is -0.314. The van der Waals surface area contributed by atoms with Gasteiger partial charge in [0.2, 0.25) is 5.91 Å². The van der Waals surface area contributed by atoms with E-state index in [0.29, 0.717) is 37.8 Å². The van der Waals surface area contributed by atoms with Crippen LogP contribution in [-0.2, 0) is 4.79 Å². The Morgan fingerprint density at radius 3 is 2.96 bits per heavy atom. The van der Waals surface area contributed by atoms with Crippen LogP contribution < -0.4 is 15.4 Å². The molecule has 0 aliphatic carbocycles. The molecule has 8 heteroatoms. The summed E-state index contributed by atoms with van der Waals surface area (Å²) in [6.45, 7) is 4.30. The molecule has 2 N–H and O–H groups in total. The van der Waals surface area contributed by atoms with Crippen LogP contribution in [0.1, 0.15) is 19.8 Å². The summed E-state index contributed by atoms with van der Waals surface area (Å²) in [6, 6.07) is 6.27. The maximum atomic E-state index is 13.0. The highest BCUT2D eigenvalue weighted by Gasteiger charge is 2.25. The number of likely N-dealkylation sites (tertiary alicyclic amines) is 1. The molecule has 0 aromatic heterocycles. The molecule has 6 nitrogen and oxygen atoms in total. The molecule has 1 fully saturated rings. The molecule has 25 heavy (non-hydrogen) atoms. The van der Waals surface area contributed by atoms with E-state index in [9.17, 15) is 9.18 Å². The van der Waals surface area contributed by atoms with Gasteiger partial charge in [0, 0.05) is 38.7 Å². The number of amides is 1. The number of ether oxygens (including phenoxy) is 1. The molecule has 1 heterocycles. The monoisotopic (exact) mass is 464 g/mol. The van der Waals surface area contributed by atoms with Gasteiger partial charge < -0.3 is 20.3 Å². The van der Waals surface area contributed by atoms with Crippen LogP contribution in [0.4, 0.5) is 4.39 Å². The lowest BCUT2D eigenvalue weighted by Crippen LogP contribution is -2.46. The molecular weight excluding hydrogens is 438 g/mol. The number of nitrogens with zero attached hydrogens (tertiary/aromatic N) is 2. The van der Waals surface area contributed by atoms with E-state index >= 15 is 0 Å². The molecule has 1 amide bonds. The Balaban J connectivity index is 0.00000312. The van der Waals surface area contributed by atoms with E-state index in [2.05, 4.69) is 15.6 Å². The van der Waals surface area contributed by atoms with Crippen molar-refractivity contribution in [2.24, 2.45) is 4.99 Å². The lowest BCUT2D eigenvalue weighted by molar-refractivity contribution is -0.129. The predicted molar refractivity (Wildman–Crippen MR) is 107 cm³/mol. The van der Waals surface area contributed by atoms with Crippen LogP contribution >= 0.6 is 24.0 Å². The zero-order valence-corrected chi connectivity index (χ0v) is 17.0. The molecule has 140 valence electrons. The Labute approximate surface area is 165 Å². The minimum absolute atomic E-state index is 0. The van der Waals surface area contributed by atoms with E-state index in [4.69, 9.17) is 4.74 Å². The van der Waals surface area contributed by atoms with Crippen molar-refractivity contribution in [3.63, 3.8) is 0 Å². The first-order valence-corrected chi connectivity index (χ1v) is 8.25. The number of benzene rings is 1. The molecule has 1 unspecified atom stereocenters. The number of nitrogens with one attached hydrogen (secondary N) is 2. The fourth-order valence-electron chi connectivity index (χ4n) is 2.61. The van der Waals surface area contributed by atoms with E-state index in [0.717, 1.165) is 13.0 Å². The fourth-order valence-corrected chi connectivity index (χ4v) is 2.61. The summed E-state index contributed by atoms with van der Waals surface area (Å²) in [5, 5.41) is 6.47. The van der Waals surface area contributed by atoms with Gasteiger partial charge in [-0.1, -0.05) is 13.0 Å². The number of carbonyl (C=O) groups excluding carboxylic acids is 1. The Bertz CT molecular complexity index is 586. The molecule has 0 bridgehead atoms. The first-order valence-electron chi connectivity index (χ1n) is 8.25. The molecule has 1 aromatic rings. The average Bonchev–Trinajstić information content (AvgIpc) is 3.05. The lowest BCUT2D eigenvalue weighted by atomic mass is 10.3. The Hall–Kier alpha value is -1.58. The molecule has 0 radical (unpaired) electrons. The SMILES string of the molecule is CCC(=O)N1CCC(NC(=NC)NCCOc2cccc(F)c2)C1.I. The van der Waals surface area contributed by atoms with E-state index in [-0.39, 0.29) is 41.7 Å². The second-order valence-electron chi connectivity index (χ2n) is 5.63. The van der Waals surface area contributed by atoms with Gasteiger partial charge in [-0.15, -0.1) is 24.0 Å². The zero-order chi connectivity index (χ0) is 17.4. The summed E-state index contributed by atoms with van der Waals surface area (Å²) in [5.74, 6) is 1.05. The molecule has 1 aromatic carbocycles. The molecule has 0 saturated carbocycles. The number of hydrogen-bond donors (Lipinski definition) is 2. The van der Waals surface area contributed by atoms with Gasteiger partial charge >= 0.3 is 0 Å². The number of guanidine groups is 1. The minimum Gasteiger partial charge on any atom is -0.492 e. The first-order chi connectivity index (χ1) is 11.6. The highest BCUT2D eigenvalue weighted by atomic mass is 127. The van der Waals surface area contributed by atoms with Gasteiger partial charge in [-0.2, -0.15) is 0 Å². The van der Waals surface area contributed by atoms with Gasteiger partial charge in [0.15, 0.2) is 5.96 Å². The van der Waals surface area contributed by atoms with E-state index in [1.54, 1.807) is 19.2 Å². The van der Waals surface area contributed by atoms with E-state index in [1.807, 2.05) is 11.8 Å². The third-order valence-electron chi connectivity index (χ3n) is 3.87. The highest BCUT2D eigenvalue weighted by Crippen LogP contribution is 2.11. The normalized spacial score (nSPS) is 17.0. The Kier molecular flexibility index (Phi) is 9.54. The standard InChI is InChI=1S/C17H25FN4O2.HI/c1-3-16(23)22-9-7-14(12-22)21-17(19-2)20-8-10-24-15-6-4-5-13(18)11-15;/h4-6,11,14H,3,7-10,12H2,1-2H3,(H2,19,20,21);1H. The largest absolute Gasteiger partial charge is 0.492 e. The molecule has 0 spiro atoms. The maximum absolute atomic E-state index is 13.0. The topological polar surface area (TPSA) is 66.0 Å². The summed E-state index contributed by atoms with van der Waals surface area (Å²) in [7, 11) is 1.70. The van der Waals surface area contributed by atoms with Gasteiger partial charge in [-0.05, 0) is 18.6 Å². The smallest absolute Gasteiger partial charge is 0.222 e. The number of hydrogen-bond acceptors (Lipinski definition) is 3. The van der Waals surface area contributed by atoms with Crippen molar-refractivity contribution in [3.8, 4) is 5.75 Å². The van der Waals surface area contributed by atoms with Crippen molar-refractivity contribution in [2.45, 2.75) is 25.8 Å². The van der Waals surface area contributed by atoms with Crippen LogP contribution in [0.2, 0.25) is 0 Å². The van der Waals surface area contributed by atoms with E-state index < -0.39 is 0 Å². The summed E-state index contributed by atoms with van der Waals surface area (Å²) >= 11 is 0. The summed E-state index contributed by atoms with van der Waals surface area (Å²) < 4.78 is 18.5. The van der Waals surface area contributed by atoms with Crippen LogP contribution in [-0.4, -0.2) is 56.1 Å². The van der Waals surface area contributed by atoms with Gasteiger partial charge in [0.25, 0.3) is 0 Å².